The zero-order valence-electron chi connectivity index (χ0n) is 13.1. The molecule has 22 heavy (non-hydrogen) atoms. The van der Waals surface area contributed by atoms with E-state index in [0.29, 0.717) is 24.5 Å². The molecule has 124 valence electrons. The van der Waals surface area contributed by atoms with Crippen LogP contribution in [0.3, 0.4) is 0 Å². The summed E-state index contributed by atoms with van der Waals surface area (Å²) < 4.78 is 6.02. The van der Waals surface area contributed by atoms with E-state index in [4.69, 9.17) is 22.1 Å². The van der Waals surface area contributed by atoms with Crippen LogP contribution >= 0.6 is 27.5 Å². The molecule has 1 aromatic rings. The molecular weight excluding hydrogens is 370 g/mol. The minimum Gasteiger partial charge on any atom is -0.444 e. The van der Waals surface area contributed by atoms with Crippen LogP contribution in [-0.4, -0.2) is 30.8 Å². The third-order valence-corrected chi connectivity index (χ3v) is 3.97. The van der Waals surface area contributed by atoms with Crippen molar-refractivity contribution in [3.8, 4) is 0 Å². The molecule has 1 rings (SSSR count). The number of amides is 1. The van der Waals surface area contributed by atoms with Crippen LogP contribution in [0, 0.1) is 0 Å². The van der Waals surface area contributed by atoms with Crippen molar-refractivity contribution in [2.24, 2.45) is 5.73 Å². The molecule has 0 bridgehead atoms. The Balaban J connectivity index is 2.42. The van der Waals surface area contributed by atoms with E-state index in [-0.39, 0.29) is 6.04 Å². The second-order valence-corrected chi connectivity index (χ2v) is 7.18. The van der Waals surface area contributed by atoms with Gasteiger partial charge >= 0.3 is 6.09 Å². The number of hydrogen-bond acceptors (Lipinski definition) is 4. The van der Waals surface area contributed by atoms with Crippen LogP contribution < -0.4 is 16.4 Å². The lowest BCUT2D eigenvalue weighted by Crippen LogP contribution is -2.37. The lowest BCUT2D eigenvalue weighted by molar-refractivity contribution is 0.0527. The second kappa shape index (κ2) is 8.60. The number of nitrogens with two attached hydrogens (primary N) is 1. The monoisotopic (exact) mass is 391 g/mol. The molecule has 0 saturated carbocycles. The molecule has 5 nitrogen and oxygen atoms in total. The summed E-state index contributed by atoms with van der Waals surface area (Å²) in [5.74, 6) is 0. The summed E-state index contributed by atoms with van der Waals surface area (Å²) in [5.41, 5.74) is 6.15. The van der Waals surface area contributed by atoms with Gasteiger partial charge in [0.25, 0.3) is 0 Å². The quantitative estimate of drug-likeness (QED) is 0.689. The minimum absolute atomic E-state index is 0.0344. The first-order valence-corrected chi connectivity index (χ1v) is 8.27. The van der Waals surface area contributed by atoms with E-state index in [0.717, 1.165) is 10.2 Å². The minimum atomic E-state index is -0.496. The number of benzene rings is 1. The highest BCUT2D eigenvalue weighted by Crippen LogP contribution is 2.25. The van der Waals surface area contributed by atoms with Gasteiger partial charge in [-0.3, -0.25) is 0 Å². The van der Waals surface area contributed by atoms with Gasteiger partial charge in [0.05, 0.1) is 5.02 Å². The molecule has 0 fully saturated rings. The SMILES string of the molecule is CC(C)(C)OC(=O)NCCC(CN)Nc1ccc(Br)c(Cl)c1. The molecular formula is C15H23BrClN3O2. The fraction of sp³-hybridized carbons (Fsp3) is 0.533. The molecule has 0 saturated heterocycles. The largest absolute Gasteiger partial charge is 0.444 e. The van der Waals surface area contributed by atoms with Crippen molar-refractivity contribution in [3.63, 3.8) is 0 Å². The topological polar surface area (TPSA) is 76.4 Å². The number of rotatable bonds is 6. The molecule has 0 aromatic heterocycles. The van der Waals surface area contributed by atoms with Gasteiger partial charge < -0.3 is 21.1 Å². The Morgan fingerprint density at radius 3 is 2.68 bits per heavy atom. The van der Waals surface area contributed by atoms with Gasteiger partial charge in [-0.25, -0.2) is 4.79 Å². The smallest absolute Gasteiger partial charge is 0.407 e. The van der Waals surface area contributed by atoms with Gasteiger partial charge in [0.1, 0.15) is 5.60 Å². The van der Waals surface area contributed by atoms with Crippen molar-refractivity contribution < 1.29 is 9.53 Å². The first kappa shape index (κ1) is 19.1. The number of alkyl carbamates (subject to hydrolysis) is 1. The summed E-state index contributed by atoms with van der Waals surface area (Å²) in [6, 6.07) is 5.65. The van der Waals surface area contributed by atoms with Crippen LogP contribution in [0.25, 0.3) is 0 Å². The molecule has 1 amide bonds. The fourth-order valence-corrected chi connectivity index (χ4v) is 2.16. The van der Waals surface area contributed by atoms with E-state index in [1.54, 1.807) is 0 Å². The van der Waals surface area contributed by atoms with Crippen LogP contribution in [0.15, 0.2) is 22.7 Å². The number of nitrogens with one attached hydrogen (secondary N) is 2. The van der Waals surface area contributed by atoms with Crippen LogP contribution in [0.4, 0.5) is 10.5 Å². The van der Waals surface area contributed by atoms with Crippen molar-refractivity contribution in [2.75, 3.05) is 18.4 Å². The summed E-state index contributed by atoms with van der Waals surface area (Å²) in [6.07, 6.45) is 0.263. The molecule has 0 spiro atoms. The molecule has 0 heterocycles. The Labute approximate surface area is 145 Å². The predicted molar refractivity (Wildman–Crippen MR) is 94.5 cm³/mol. The van der Waals surface area contributed by atoms with E-state index >= 15 is 0 Å². The average molecular weight is 393 g/mol. The van der Waals surface area contributed by atoms with Gasteiger partial charge in [-0.05, 0) is 61.3 Å². The maximum absolute atomic E-state index is 11.6. The van der Waals surface area contributed by atoms with Crippen LogP contribution in [0.2, 0.25) is 5.02 Å². The lowest BCUT2D eigenvalue weighted by Gasteiger charge is -2.21. The van der Waals surface area contributed by atoms with Crippen molar-refractivity contribution >= 4 is 39.3 Å². The Morgan fingerprint density at radius 1 is 1.45 bits per heavy atom. The highest BCUT2D eigenvalue weighted by atomic mass is 79.9. The zero-order valence-corrected chi connectivity index (χ0v) is 15.4. The lowest BCUT2D eigenvalue weighted by atomic mass is 10.2. The average Bonchev–Trinajstić information content (AvgIpc) is 2.39. The third kappa shape index (κ3) is 7.33. The molecule has 0 radical (unpaired) electrons. The molecule has 1 atom stereocenters. The third-order valence-electron chi connectivity index (χ3n) is 2.74. The summed E-state index contributed by atoms with van der Waals surface area (Å²) in [7, 11) is 0. The number of halogens is 2. The number of carbonyl (C=O) groups excluding carboxylic acids is 1. The molecule has 1 unspecified atom stereocenters. The molecule has 7 heteroatoms. The predicted octanol–water partition coefficient (Wildman–Crippen LogP) is 3.76. The zero-order chi connectivity index (χ0) is 16.8. The Bertz CT molecular complexity index is 506. The Hall–Kier alpha value is -0.980. The van der Waals surface area contributed by atoms with Gasteiger partial charge in [-0.15, -0.1) is 0 Å². The van der Waals surface area contributed by atoms with Crippen molar-refractivity contribution in [3.05, 3.63) is 27.7 Å². The Kier molecular flexibility index (Phi) is 7.45. The van der Waals surface area contributed by atoms with Gasteiger partial charge in [0, 0.05) is 29.3 Å². The maximum atomic E-state index is 11.6. The van der Waals surface area contributed by atoms with Crippen molar-refractivity contribution in [2.45, 2.75) is 38.8 Å². The molecule has 0 aliphatic carbocycles. The van der Waals surface area contributed by atoms with Gasteiger partial charge in [-0.2, -0.15) is 0 Å². The van der Waals surface area contributed by atoms with Gasteiger partial charge in [0.15, 0.2) is 0 Å². The molecule has 0 aliphatic heterocycles. The van der Waals surface area contributed by atoms with E-state index in [9.17, 15) is 4.79 Å². The van der Waals surface area contributed by atoms with Crippen molar-refractivity contribution in [1.29, 1.82) is 0 Å². The summed E-state index contributed by atoms with van der Waals surface area (Å²) in [4.78, 5) is 11.6. The maximum Gasteiger partial charge on any atom is 0.407 e. The fourth-order valence-electron chi connectivity index (χ4n) is 1.73. The van der Waals surface area contributed by atoms with Gasteiger partial charge in [0.2, 0.25) is 0 Å². The number of carbonyl (C=O) groups is 1. The van der Waals surface area contributed by atoms with Gasteiger partial charge in [-0.1, -0.05) is 11.6 Å². The highest BCUT2D eigenvalue weighted by Gasteiger charge is 2.16. The summed E-state index contributed by atoms with van der Waals surface area (Å²) in [5, 5.41) is 6.65. The first-order chi connectivity index (χ1) is 10.2. The highest BCUT2D eigenvalue weighted by molar-refractivity contribution is 9.10. The first-order valence-electron chi connectivity index (χ1n) is 7.10. The van der Waals surface area contributed by atoms with E-state index in [2.05, 4.69) is 26.6 Å². The summed E-state index contributed by atoms with van der Waals surface area (Å²) >= 11 is 9.40. The molecule has 0 aliphatic rings. The van der Waals surface area contributed by atoms with E-state index in [1.165, 1.54) is 0 Å². The van der Waals surface area contributed by atoms with Crippen LogP contribution in [0.1, 0.15) is 27.2 Å². The van der Waals surface area contributed by atoms with Crippen molar-refractivity contribution in [1.82, 2.24) is 5.32 Å². The number of hydrogen-bond donors (Lipinski definition) is 3. The van der Waals surface area contributed by atoms with E-state index < -0.39 is 11.7 Å². The molecule has 1 aromatic carbocycles. The standard InChI is InChI=1S/C15H23BrClN3O2/c1-15(2,3)22-14(21)19-7-6-11(9-18)20-10-4-5-12(16)13(17)8-10/h4-5,8,11,20H,6-7,9,18H2,1-3H3,(H,19,21). The van der Waals surface area contributed by atoms with E-state index in [1.807, 2.05) is 39.0 Å². The number of anilines is 1. The number of ether oxygens (including phenoxy) is 1. The van der Waals surface area contributed by atoms with Crippen LogP contribution in [0.5, 0.6) is 0 Å². The Morgan fingerprint density at radius 2 is 2.14 bits per heavy atom. The normalized spacial score (nSPS) is 12.6. The second-order valence-electron chi connectivity index (χ2n) is 5.92. The molecule has 4 N–H and O–H groups in total. The summed E-state index contributed by atoms with van der Waals surface area (Å²) in [6.45, 7) is 6.41. The van der Waals surface area contributed by atoms with Crippen LogP contribution in [-0.2, 0) is 4.74 Å².